The molecule has 0 fully saturated rings. The van der Waals surface area contributed by atoms with Gasteiger partial charge in [0.25, 0.3) is 11.9 Å². The summed E-state index contributed by atoms with van der Waals surface area (Å²) < 4.78 is 49.0. The molecule has 1 amide bonds. The summed E-state index contributed by atoms with van der Waals surface area (Å²) in [5, 5.41) is 15.3. The van der Waals surface area contributed by atoms with E-state index in [0.717, 1.165) is 5.56 Å². The zero-order valence-corrected chi connectivity index (χ0v) is 20.9. The highest BCUT2D eigenvalue weighted by molar-refractivity contribution is 6.30. The minimum atomic E-state index is -4.75. The second-order valence-electron chi connectivity index (χ2n) is 8.03. The first-order chi connectivity index (χ1) is 17.7. The first-order valence-electron chi connectivity index (χ1n) is 11.6. The van der Waals surface area contributed by atoms with E-state index in [1.807, 2.05) is 12.1 Å². The van der Waals surface area contributed by atoms with E-state index in [4.69, 9.17) is 21.4 Å². The summed E-state index contributed by atoms with van der Waals surface area (Å²) in [6.07, 6.45) is -3.42. The van der Waals surface area contributed by atoms with Gasteiger partial charge in [0.15, 0.2) is 11.5 Å². The van der Waals surface area contributed by atoms with Crippen molar-refractivity contribution in [1.29, 1.82) is 0 Å². The molecule has 3 N–H and O–H groups in total. The number of amides is 1. The molecule has 0 unspecified atom stereocenters. The van der Waals surface area contributed by atoms with Gasteiger partial charge < -0.3 is 25.2 Å². The van der Waals surface area contributed by atoms with Gasteiger partial charge in [-0.25, -0.2) is 0 Å². The number of hydrogen-bond donors (Lipinski definition) is 3. The molecule has 2 aromatic carbocycles. The van der Waals surface area contributed by atoms with Crippen LogP contribution in [0.1, 0.15) is 34.5 Å². The van der Waals surface area contributed by atoms with E-state index in [9.17, 15) is 18.0 Å². The van der Waals surface area contributed by atoms with Crippen LogP contribution in [-0.2, 0) is 13.0 Å². The Morgan fingerprint density at radius 3 is 2.57 bits per heavy atom. The maximum Gasteiger partial charge on any atom is 0.573 e. The maximum atomic E-state index is 13.0. The lowest BCUT2D eigenvalue weighted by Gasteiger charge is -2.13. The number of aromatic nitrogens is 2. The number of anilines is 1. The fourth-order valence-corrected chi connectivity index (χ4v) is 3.69. The minimum Gasteiger partial charge on any atom is -0.465 e. The quantitative estimate of drug-likeness (QED) is 0.273. The van der Waals surface area contributed by atoms with Crippen LogP contribution in [0.3, 0.4) is 0 Å². The number of aliphatic hydroxyl groups excluding tert-OH is 1. The lowest BCUT2D eigenvalue weighted by molar-refractivity contribution is -0.274. The van der Waals surface area contributed by atoms with E-state index in [0.29, 0.717) is 35.7 Å². The lowest BCUT2D eigenvalue weighted by atomic mass is 10.1. The molecule has 0 saturated heterocycles. The van der Waals surface area contributed by atoms with Crippen LogP contribution < -0.4 is 20.1 Å². The van der Waals surface area contributed by atoms with Gasteiger partial charge in [0.1, 0.15) is 5.75 Å². The molecule has 0 aliphatic carbocycles. The van der Waals surface area contributed by atoms with Crippen LogP contribution in [0, 0.1) is 0 Å². The second kappa shape index (κ2) is 13.2. The molecule has 0 aliphatic rings. The second-order valence-corrected chi connectivity index (χ2v) is 8.47. The zero-order valence-electron chi connectivity index (χ0n) is 20.1. The Balaban J connectivity index is 1.74. The number of aliphatic hydroxyl groups is 1. The molecule has 8 nitrogen and oxygen atoms in total. The summed E-state index contributed by atoms with van der Waals surface area (Å²) in [5.41, 5.74) is 1.79. The number of nitrogens with zero attached hydrogens (tertiary/aromatic N) is 2. The van der Waals surface area contributed by atoms with Gasteiger partial charge in [-0.2, -0.15) is 4.98 Å². The number of nitrogens with one attached hydrogen (secondary N) is 2. The molecule has 200 valence electrons. The summed E-state index contributed by atoms with van der Waals surface area (Å²) in [6.45, 7) is 0.720. The van der Waals surface area contributed by atoms with Crippen LogP contribution in [0.4, 0.5) is 19.0 Å². The predicted molar refractivity (Wildman–Crippen MR) is 133 cm³/mol. The summed E-state index contributed by atoms with van der Waals surface area (Å²) in [6, 6.07) is 13.1. The van der Waals surface area contributed by atoms with Crippen molar-refractivity contribution in [3.63, 3.8) is 0 Å². The van der Waals surface area contributed by atoms with Crippen molar-refractivity contribution >= 4 is 23.3 Å². The lowest BCUT2D eigenvalue weighted by Crippen LogP contribution is -2.28. The molecule has 0 spiro atoms. The topological polar surface area (TPSA) is 97.6 Å². The molecule has 1 heterocycles. The van der Waals surface area contributed by atoms with Gasteiger partial charge in [-0.15, -0.1) is 13.2 Å². The predicted octanol–water partition coefficient (Wildman–Crippen LogP) is 4.65. The molecular weight excluding hydrogens is 513 g/mol. The maximum absolute atomic E-state index is 13.0. The van der Waals surface area contributed by atoms with Gasteiger partial charge >= 0.3 is 6.36 Å². The molecule has 37 heavy (non-hydrogen) atoms. The average molecular weight is 541 g/mol. The molecule has 0 saturated carbocycles. The van der Waals surface area contributed by atoms with Crippen molar-refractivity contribution < 1.29 is 32.5 Å². The highest BCUT2D eigenvalue weighted by atomic mass is 35.5. The van der Waals surface area contributed by atoms with Gasteiger partial charge in [-0.05, 0) is 54.7 Å². The van der Waals surface area contributed by atoms with E-state index in [1.165, 1.54) is 18.2 Å². The average Bonchev–Trinajstić information content (AvgIpc) is 3.19. The molecule has 0 radical (unpaired) electrons. The van der Waals surface area contributed by atoms with Crippen LogP contribution in [-0.4, -0.2) is 53.7 Å². The molecular formula is C25H28ClF3N4O4. The van der Waals surface area contributed by atoms with Gasteiger partial charge in [0.05, 0.1) is 13.2 Å². The first kappa shape index (κ1) is 28.1. The zero-order chi connectivity index (χ0) is 26.8. The highest BCUT2D eigenvalue weighted by Gasteiger charge is 2.31. The van der Waals surface area contributed by atoms with Crippen LogP contribution in [0.2, 0.25) is 5.02 Å². The number of carbonyl (C=O) groups is 1. The molecule has 12 heteroatoms. The Bertz CT molecular complexity index is 1170. The standard InChI is InChI=1S/C25H28ClF3N4O4/c1-30-22-21(23(35)31-12-4-13-34)33(16-18-8-10-19(26)11-9-18)24(32-22)36-14-3-6-17-5-2-7-20(15-17)37-25(27,28)29/h2,5,7-11,15,30,34H,3-4,6,12-14,16H2,1H3,(H,31,35). The highest BCUT2D eigenvalue weighted by Crippen LogP contribution is 2.26. The number of rotatable bonds is 13. The Hall–Kier alpha value is -3.44. The van der Waals surface area contributed by atoms with Crippen molar-refractivity contribution in [2.45, 2.75) is 32.2 Å². The van der Waals surface area contributed by atoms with E-state index in [1.54, 1.807) is 29.8 Å². The summed E-state index contributed by atoms with van der Waals surface area (Å²) in [4.78, 5) is 17.4. The summed E-state index contributed by atoms with van der Waals surface area (Å²) in [5.74, 6) is -0.335. The minimum absolute atomic E-state index is 0.0528. The number of benzene rings is 2. The monoisotopic (exact) mass is 540 g/mol. The SMILES string of the molecule is CNc1nc(OCCCc2cccc(OC(F)(F)F)c2)n(Cc2ccc(Cl)cc2)c1C(=O)NCCCO. The number of hydrogen-bond acceptors (Lipinski definition) is 6. The number of aryl methyl sites for hydroxylation is 1. The number of carbonyl (C=O) groups excluding carboxylic acids is 1. The Kier molecular flexibility index (Phi) is 10.0. The van der Waals surface area contributed by atoms with Crippen molar-refractivity contribution in [2.24, 2.45) is 0 Å². The number of ether oxygens (including phenoxy) is 2. The first-order valence-corrected chi connectivity index (χ1v) is 12.0. The van der Waals surface area contributed by atoms with Crippen LogP contribution in [0.15, 0.2) is 48.5 Å². The van der Waals surface area contributed by atoms with Gasteiger partial charge in [-0.1, -0.05) is 35.9 Å². The number of halogens is 4. The normalized spacial score (nSPS) is 11.3. The molecule has 0 bridgehead atoms. The van der Waals surface area contributed by atoms with Crippen molar-refractivity contribution in [3.05, 3.63) is 70.4 Å². The smallest absolute Gasteiger partial charge is 0.465 e. The molecule has 0 aliphatic heterocycles. The third-order valence-corrected chi connectivity index (χ3v) is 5.48. The third kappa shape index (κ3) is 8.57. The number of alkyl halides is 3. The van der Waals surface area contributed by atoms with E-state index in [-0.39, 0.29) is 49.7 Å². The molecule has 1 aromatic heterocycles. The summed E-state index contributed by atoms with van der Waals surface area (Å²) in [7, 11) is 1.64. The van der Waals surface area contributed by atoms with E-state index in [2.05, 4.69) is 20.4 Å². The van der Waals surface area contributed by atoms with Gasteiger partial charge in [-0.3, -0.25) is 9.36 Å². The fraction of sp³-hybridized carbons (Fsp3) is 0.360. The van der Waals surface area contributed by atoms with Crippen LogP contribution >= 0.6 is 11.6 Å². The Morgan fingerprint density at radius 2 is 1.89 bits per heavy atom. The Morgan fingerprint density at radius 1 is 1.14 bits per heavy atom. The van der Waals surface area contributed by atoms with E-state index >= 15 is 0 Å². The number of imidazole rings is 1. The molecule has 3 rings (SSSR count). The van der Waals surface area contributed by atoms with Crippen LogP contribution in [0.25, 0.3) is 0 Å². The Labute approximate surface area is 217 Å². The van der Waals surface area contributed by atoms with Gasteiger partial charge in [0.2, 0.25) is 0 Å². The van der Waals surface area contributed by atoms with Crippen LogP contribution in [0.5, 0.6) is 11.8 Å². The fourth-order valence-electron chi connectivity index (χ4n) is 3.57. The van der Waals surface area contributed by atoms with Crippen molar-refractivity contribution in [1.82, 2.24) is 14.9 Å². The van der Waals surface area contributed by atoms with Crippen molar-refractivity contribution in [2.75, 3.05) is 32.1 Å². The van der Waals surface area contributed by atoms with E-state index < -0.39 is 6.36 Å². The molecule has 0 atom stereocenters. The third-order valence-electron chi connectivity index (χ3n) is 5.23. The van der Waals surface area contributed by atoms with Crippen molar-refractivity contribution in [3.8, 4) is 11.8 Å². The van der Waals surface area contributed by atoms with Gasteiger partial charge in [0, 0.05) is 25.2 Å². The molecule has 3 aromatic rings. The summed E-state index contributed by atoms with van der Waals surface area (Å²) >= 11 is 6.00. The largest absolute Gasteiger partial charge is 0.573 e.